The largest absolute Gasteiger partial charge is 0.481 e. The Morgan fingerprint density at radius 2 is 2.15 bits per heavy atom. The average molecular weight is 292 g/mol. The predicted octanol–water partition coefficient (Wildman–Crippen LogP) is 2.17. The van der Waals surface area contributed by atoms with Crippen molar-refractivity contribution >= 4 is 17.6 Å². The SMILES string of the molecule is O=C(O)C1CCn2nc(Cc3ccc(Cl)cc3)nc2C1. The van der Waals surface area contributed by atoms with Crippen molar-refractivity contribution in [3.63, 3.8) is 0 Å². The van der Waals surface area contributed by atoms with Crippen LogP contribution in [0.3, 0.4) is 0 Å². The number of nitrogens with zero attached hydrogens (tertiary/aromatic N) is 3. The molecular formula is C14H14ClN3O2. The van der Waals surface area contributed by atoms with Gasteiger partial charge in [0, 0.05) is 24.4 Å². The van der Waals surface area contributed by atoms with Gasteiger partial charge in [-0.1, -0.05) is 23.7 Å². The Labute approximate surface area is 121 Å². The van der Waals surface area contributed by atoms with E-state index in [-0.39, 0.29) is 5.92 Å². The van der Waals surface area contributed by atoms with Gasteiger partial charge in [-0.25, -0.2) is 9.67 Å². The molecule has 104 valence electrons. The maximum Gasteiger partial charge on any atom is 0.307 e. The molecule has 0 saturated carbocycles. The highest BCUT2D eigenvalue weighted by Gasteiger charge is 2.26. The molecule has 6 heteroatoms. The van der Waals surface area contributed by atoms with Crippen molar-refractivity contribution < 1.29 is 9.90 Å². The number of fused-ring (bicyclic) bond motifs is 1. The Morgan fingerprint density at radius 3 is 2.85 bits per heavy atom. The van der Waals surface area contributed by atoms with Gasteiger partial charge in [0.2, 0.25) is 0 Å². The van der Waals surface area contributed by atoms with Gasteiger partial charge in [-0.3, -0.25) is 4.79 Å². The molecule has 2 aromatic rings. The quantitative estimate of drug-likeness (QED) is 0.941. The van der Waals surface area contributed by atoms with Crippen LogP contribution < -0.4 is 0 Å². The zero-order valence-corrected chi connectivity index (χ0v) is 11.5. The maximum absolute atomic E-state index is 11.0. The van der Waals surface area contributed by atoms with Crippen LogP contribution >= 0.6 is 11.6 Å². The molecule has 0 aliphatic carbocycles. The van der Waals surface area contributed by atoms with E-state index in [4.69, 9.17) is 16.7 Å². The van der Waals surface area contributed by atoms with Crippen LogP contribution in [0.2, 0.25) is 5.02 Å². The van der Waals surface area contributed by atoms with Crippen LogP contribution in [0.25, 0.3) is 0 Å². The first-order valence-corrected chi connectivity index (χ1v) is 6.89. The number of benzene rings is 1. The molecule has 0 saturated heterocycles. The van der Waals surface area contributed by atoms with Gasteiger partial charge in [0.05, 0.1) is 5.92 Å². The summed E-state index contributed by atoms with van der Waals surface area (Å²) in [5.41, 5.74) is 1.09. The second-order valence-corrected chi connectivity index (χ2v) is 5.44. The Hall–Kier alpha value is -1.88. The average Bonchev–Trinajstić information content (AvgIpc) is 2.82. The van der Waals surface area contributed by atoms with Crippen molar-refractivity contribution in [3.8, 4) is 0 Å². The molecule has 1 unspecified atom stereocenters. The van der Waals surface area contributed by atoms with E-state index in [1.807, 2.05) is 28.9 Å². The lowest BCUT2D eigenvalue weighted by Crippen LogP contribution is -2.26. The zero-order valence-electron chi connectivity index (χ0n) is 10.8. The molecule has 20 heavy (non-hydrogen) atoms. The lowest BCUT2D eigenvalue weighted by Gasteiger charge is -2.17. The molecule has 0 fully saturated rings. The number of aryl methyl sites for hydroxylation is 1. The number of carboxylic acids is 1. The summed E-state index contributed by atoms with van der Waals surface area (Å²) in [6, 6.07) is 7.57. The first kappa shape index (κ1) is 13.1. The minimum absolute atomic E-state index is 0.338. The van der Waals surface area contributed by atoms with E-state index in [9.17, 15) is 4.79 Å². The van der Waals surface area contributed by atoms with E-state index in [0.29, 0.717) is 30.8 Å². The lowest BCUT2D eigenvalue weighted by molar-refractivity contribution is -0.142. The molecule has 1 aromatic carbocycles. The normalized spacial score (nSPS) is 17.8. The van der Waals surface area contributed by atoms with E-state index in [1.165, 1.54) is 0 Å². The molecular weight excluding hydrogens is 278 g/mol. The zero-order chi connectivity index (χ0) is 14.1. The number of hydrogen-bond acceptors (Lipinski definition) is 3. The van der Waals surface area contributed by atoms with Crippen molar-refractivity contribution in [2.75, 3.05) is 0 Å². The molecule has 1 N–H and O–H groups in total. The minimum Gasteiger partial charge on any atom is -0.481 e. The fraction of sp³-hybridized carbons (Fsp3) is 0.357. The van der Waals surface area contributed by atoms with Crippen LogP contribution in [0.15, 0.2) is 24.3 Å². The molecule has 3 rings (SSSR count). The summed E-state index contributed by atoms with van der Waals surface area (Å²) < 4.78 is 1.82. The topological polar surface area (TPSA) is 68.0 Å². The summed E-state index contributed by atoms with van der Waals surface area (Å²) in [4.78, 5) is 15.5. The van der Waals surface area contributed by atoms with Crippen LogP contribution in [0.1, 0.15) is 23.6 Å². The summed E-state index contributed by atoms with van der Waals surface area (Å²) in [7, 11) is 0. The van der Waals surface area contributed by atoms with Crippen molar-refractivity contribution in [1.82, 2.24) is 14.8 Å². The standard InChI is InChI=1S/C14H14ClN3O2/c15-11-3-1-9(2-4-11)7-12-16-13-8-10(14(19)20)5-6-18(13)17-12/h1-4,10H,5-8H2,(H,19,20). The number of aromatic nitrogens is 3. The molecule has 0 spiro atoms. The Morgan fingerprint density at radius 1 is 1.40 bits per heavy atom. The smallest absolute Gasteiger partial charge is 0.307 e. The van der Waals surface area contributed by atoms with Gasteiger partial charge in [-0.2, -0.15) is 5.10 Å². The van der Waals surface area contributed by atoms with Crippen molar-refractivity contribution in [2.45, 2.75) is 25.8 Å². The fourth-order valence-corrected chi connectivity index (χ4v) is 2.55. The molecule has 0 amide bonds. The lowest BCUT2D eigenvalue weighted by atomic mass is 9.98. The van der Waals surface area contributed by atoms with Crippen molar-refractivity contribution in [1.29, 1.82) is 0 Å². The van der Waals surface area contributed by atoms with Crippen LogP contribution in [0, 0.1) is 5.92 Å². The van der Waals surface area contributed by atoms with Gasteiger partial charge in [-0.05, 0) is 24.1 Å². The predicted molar refractivity (Wildman–Crippen MR) is 73.7 cm³/mol. The van der Waals surface area contributed by atoms with E-state index >= 15 is 0 Å². The first-order valence-electron chi connectivity index (χ1n) is 6.51. The van der Waals surface area contributed by atoms with E-state index < -0.39 is 5.97 Å². The highest BCUT2D eigenvalue weighted by atomic mass is 35.5. The first-order chi connectivity index (χ1) is 9.61. The molecule has 1 aromatic heterocycles. The van der Waals surface area contributed by atoms with E-state index in [1.54, 1.807) is 0 Å². The van der Waals surface area contributed by atoms with Gasteiger partial charge in [0.15, 0.2) is 5.82 Å². The molecule has 0 bridgehead atoms. The van der Waals surface area contributed by atoms with Gasteiger partial charge < -0.3 is 5.11 Å². The third-order valence-electron chi connectivity index (χ3n) is 3.54. The fourth-order valence-electron chi connectivity index (χ4n) is 2.43. The summed E-state index contributed by atoms with van der Waals surface area (Å²) in [6.45, 7) is 0.625. The monoisotopic (exact) mass is 291 g/mol. The number of carbonyl (C=O) groups is 1. The van der Waals surface area contributed by atoms with Gasteiger partial charge in [0.1, 0.15) is 5.82 Å². The second kappa shape index (κ2) is 5.25. The molecule has 1 aliphatic heterocycles. The maximum atomic E-state index is 11.0. The number of aliphatic carboxylic acids is 1. The van der Waals surface area contributed by atoms with Gasteiger partial charge >= 0.3 is 5.97 Å². The summed E-state index contributed by atoms with van der Waals surface area (Å²) in [5, 5.41) is 14.2. The Kier molecular flexibility index (Phi) is 3.44. The van der Waals surface area contributed by atoms with Crippen LogP contribution in [-0.4, -0.2) is 25.8 Å². The van der Waals surface area contributed by atoms with Crippen molar-refractivity contribution in [3.05, 3.63) is 46.5 Å². The molecule has 1 aliphatic rings. The van der Waals surface area contributed by atoms with Gasteiger partial charge in [-0.15, -0.1) is 0 Å². The molecule has 0 radical (unpaired) electrons. The second-order valence-electron chi connectivity index (χ2n) is 5.00. The Balaban J connectivity index is 1.77. The highest BCUT2D eigenvalue weighted by Crippen LogP contribution is 2.20. The molecule has 2 heterocycles. The number of hydrogen-bond donors (Lipinski definition) is 1. The van der Waals surface area contributed by atoms with Gasteiger partial charge in [0.25, 0.3) is 0 Å². The minimum atomic E-state index is -0.751. The third-order valence-corrected chi connectivity index (χ3v) is 3.79. The highest BCUT2D eigenvalue weighted by molar-refractivity contribution is 6.30. The van der Waals surface area contributed by atoms with Crippen molar-refractivity contribution in [2.24, 2.45) is 5.92 Å². The van der Waals surface area contributed by atoms with Crippen LogP contribution in [0.5, 0.6) is 0 Å². The summed E-state index contributed by atoms with van der Waals surface area (Å²) >= 11 is 5.85. The number of carboxylic acid groups (broad SMARTS) is 1. The summed E-state index contributed by atoms with van der Waals surface area (Å²) in [6.07, 6.45) is 1.71. The van der Waals surface area contributed by atoms with Crippen LogP contribution in [-0.2, 0) is 24.2 Å². The third kappa shape index (κ3) is 2.67. The number of halogens is 1. The van der Waals surface area contributed by atoms with Crippen LogP contribution in [0.4, 0.5) is 0 Å². The molecule has 1 atom stereocenters. The Bertz CT molecular complexity index is 636. The molecule has 5 nitrogen and oxygen atoms in total. The van der Waals surface area contributed by atoms with E-state index in [0.717, 1.165) is 17.2 Å². The van der Waals surface area contributed by atoms with E-state index in [2.05, 4.69) is 10.1 Å². The number of rotatable bonds is 3. The summed E-state index contributed by atoms with van der Waals surface area (Å²) in [5.74, 6) is 0.412.